The molecule has 2 aromatic heterocycles. The van der Waals surface area contributed by atoms with Gasteiger partial charge in [-0.25, -0.2) is 8.42 Å². The summed E-state index contributed by atoms with van der Waals surface area (Å²) in [7, 11) is 0.00891. The molecule has 0 amide bonds. The molecule has 0 N–H and O–H groups in total. The van der Waals surface area contributed by atoms with Crippen LogP contribution < -0.4 is 4.90 Å². The molecule has 44 heavy (non-hydrogen) atoms. The molecule has 0 saturated carbocycles. The number of nitrogens with zero attached hydrogens (tertiary/aromatic N) is 6. The van der Waals surface area contributed by atoms with Gasteiger partial charge in [0.05, 0.1) is 57.8 Å². The van der Waals surface area contributed by atoms with Crippen LogP contribution >= 0.6 is 0 Å². The van der Waals surface area contributed by atoms with E-state index in [0.29, 0.717) is 27.7 Å². The van der Waals surface area contributed by atoms with E-state index in [-0.39, 0.29) is 0 Å². The first-order chi connectivity index (χ1) is 21.4. The predicted octanol–water partition coefficient (Wildman–Crippen LogP) is 5.41. The lowest BCUT2D eigenvalue weighted by Crippen LogP contribution is -2.41. The van der Waals surface area contributed by atoms with E-state index in [0.717, 1.165) is 76.9 Å². The minimum atomic E-state index is -3.82. The normalized spacial score (nSPS) is 16.4. The molecule has 6 aromatic rings. The zero-order valence-electron chi connectivity index (χ0n) is 24.6. The fourth-order valence-corrected chi connectivity index (χ4v) is 8.21. The summed E-state index contributed by atoms with van der Waals surface area (Å²) in [6.45, 7) is 4.65. The Morgan fingerprint density at radius 3 is 1.66 bits per heavy atom. The molecule has 0 radical (unpaired) electrons. The van der Waals surface area contributed by atoms with Crippen LogP contribution in [0.3, 0.4) is 0 Å². The molecule has 10 heteroatoms. The van der Waals surface area contributed by atoms with Crippen molar-refractivity contribution in [3.8, 4) is 22.3 Å². The average Bonchev–Trinajstić information content (AvgIpc) is 3.62. The van der Waals surface area contributed by atoms with Crippen molar-refractivity contribution < 1.29 is 13.2 Å². The van der Waals surface area contributed by atoms with E-state index in [9.17, 15) is 8.42 Å². The van der Waals surface area contributed by atoms with Crippen molar-refractivity contribution in [3.63, 3.8) is 0 Å². The van der Waals surface area contributed by atoms with Gasteiger partial charge in [0, 0.05) is 51.0 Å². The van der Waals surface area contributed by atoms with E-state index in [1.54, 1.807) is 0 Å². The summed E-state index contributed by atoms with van der Waals surface area (Å²) in [6, 6.07) is 23.9. The number of hydrogen-bond acceptors (Lipinski definition) is 7. The van der Waals surface area contributed by atoms with Gasteiger partial charge in [0.2, 0.25) is 9.84 Å². The molecular weight excluding hydrogens is 572 g/mol. The number of hydrogen-bond donors (Lipinski definition) is 0. The molecule has 9 nitrogen and oxygen atoms in total. The second-order valence-electron chi connectivity index (χ2n) is 11.6. The van der Waals surface area contributed by atoms with Crippen molar-refractivity contribution in [1.82, 2.24) is 24.5 Å². The highest BCUT2D eigenvalue weighted by Crippen LogP contribution is 2.46. The largest absolute Gasteiger partial charge is 0.379 e. The van der Waals surface area contributed by atoms with Gasteiger partial charge in [-0.15, -0.1) is 0 Å². The summed E-state index contributed by atoms with van der Waals surface area (Å²) in [6.07, 6.45) is 3.67. The highest BCUT2D eigenvalue weighted by atomic mass is 32.2. The summed E-state index contributed by atoms with van der Waals surface area (Å²) < 4.78 is 38.2. The lowest BCUT2D eigenvalue weighted by Gasteiger charge is -2.36. The fraction of sp³-hybridized carbons (Fsp3) is 0.235. The maximum Gasteiger partial charge on any atom is 0.210 e. The van der Waals surface area contributed by atoms with Crippen molar-refractivity contribution in [2.75, 3.05) is 44.3 Å². The van der Waals surface area contributed by atoms with Gasteiger partial charge < -0.3 is 9.64 Å². The first kappa shape index (κ1) is 27.1. The Labute approximate surface area is 255 Å². The summed E-state index contributed by atoms with van der Waals surface area (Å²) in [4.78, 5) is 5.20. The predicted molar refractivity (Wildman–Crippen MR) is 172 cm³/mol. The van der Waals surface area contributed by atoms with Crippen molar-refractivity contribution in [1.29, 1.82) is 0 Å². The maximum atomic E-state index is 14.5. The van der Waals surface area contributed by atoms with Crippen LogP contribution in [-0.4, -0.2) is 72.3 Å². The van der Waals surface area contributed by atoms with E-state index in [4.69, 9.17) is 4.74 Å². The second-order valence-corrected chi connectivity index (χ2v) is 13.4. The lowest BCUT2D eigenvalue weighted by atomic mass is 10.0. The zero-order valence-corrected chi connectivity index (χ0v) is 25.5. The average molecular weight is 605 g/mol. The summed E-state index contributed by atoms with van der Waals surface area (Å²) in [5.41, 5.74) is 7.09. The van der Waals surface area contributed by atoms with Gasteiger partial charge in [0.1, 0.15) is 0 Å². The molecule has 1 saturated heterocycles. The Balaban J connectivity index is 1.24. The highest BCUT2D eigenvalue weighted by molar-refractivity contribution is 7.92. The minimum Gasteiger partial charge on any atom is -0.379 e. The molecule has 4 aromatic carbocycles. The van der Waals surface area contributed by atoms with Crippen molar-refractivity contribution >= 4 is 43.0 Å². The topological polar surface area (TPSA) is 85.5 Å². The smallest absolute Gasteiger partial charge is 0.210 e. The summed E-state index contributed by atoms with van der Waals surface area (Å²) in [5, 5.41) is 10.8. The number of fused-ring (bicyclic) bond motifs is 4. The lowest BCUT2D eigenvalue weighted by molar-refractivity contribution is 0.0394. The number of aryl methyl sites for hydroxylation is 2. The SMILES string of the molecule is Cn1ncc2cc(-c3ccc4c(c3)S(=O)(=O)c3cc(-c5ccc6c(cnn6C)c5)ccc3N4CCN3CCOCC3)ccc21. The van der Waals surface area contributed by atoms with Gasteiger partial charge in [-0.3, -0.25) is 14.3 Å². The standard InChI is InChI=1S/C34H32N6O3S/c1-37-29-7-3-23(17-27(29)21-35-37)25-5-9-31-33(19-25)44(41,42)34-20-26(24-4-8-30-28(18-24)22-36-38(30)2)6-10-32(34)40(31)12-11-39-13-15-43-16-14-39/h3-10,17-22H,11-16H2,1-2H3. The monoisotopic (exact) mass is 604 g/mol. The minimum absolute atomic E-state index is 0.329. The van der Waals surface area contributed by atoms with Crippen molar-refractivity contribution in [2.45, 2.75) is 9.79 Å². The van der Waals surface area contributed by atoms with Crippen LogP contribution in [0, 0.1) is 0 Å². The van der Waals surface area contributed by atoms with Crippen LogP contribution in [-0.2, 0) is 28.7 Å². The molecule has 2 aliphatic rings. The van der Waals surface area contributed by atoms with Gasteiger partial charge in [-0.1, -0.05) is 24.3 Å². The number of rotatable bonds is 5. The van der Waals surface area contributed by atoms with E-state index in [1.807, 2.05) is 96.5 Å². The third-order valence-electron chi connectivity index (χ3n) is 8.98. The van der Waals surface area contributed by atoms with Gasteiger partial charge in [0.25, 0.3) is 0 Å². The number of morpholine rings is 1. The molecule has 222 valence electrons. The van der Waals surface area contributed by atoms with E-state index >= 15 is 0 Å². The fourth-order valence-electron chi connectivity index (χ4n) is 6.51. The van der Waals surface area contributed by atoms with Gasteiger partial charge in [0.15, 0.2) is 0 Å². The van der Waals surface area contributed by atoms with Crippen LogP contribution in [0.2, 0.25) is 0 Å². The zero-order chi connectivity index (χ0) is 30.0. The molecule has 0 aliphatic carbocycles. The van der Waals surface area contributed by atoms with E-state index < -0.39 is 9.84 Å². The molecule has 0 spiro atoms. The summed E-state index contributed by atoms with van der Waals surface area (Å²) in [5.74, 6) is 0. The maximum absolute atomic E-state index is 14.5. The van der Waals surface area contributed by atoms with Gasteiger partial charge in [-0.05, 0) is 70.8 Å². The quantitative estimate of drug-likeness (QED) is 0.260. The van der Waals surface area contributed by atoms with Gasteiger partial charge >= 0.3 is 0 Å². The first-order valence-electron chi connectivity index (χ1n) is 14.8. The summed E-state index contributed by atoms with van der Waals surface area (Å²) >= 11 is 0. The number of anilines is 2. The second kappa shape index (κ2) is 10.3. The molecule has 8 rings (SSSR count). The number of aromatic nitrogens is 4. The van der Waals surface area contributed by atoms with E-state index in [2.05, 4.69) is 32.1 Å². The molecule has 0 bridgehead atoms. The van der Waals surface area contributed by atoms with Crippen molar-refractivity contribution in [2.24, 2.45) is 14.1 Å². The molecular formula is C34H32N6O3S. The Bertz CT molecular complexity index is 2040. The Hall–Kier alpha value is -4.51. The van der Waals surface area contributed by atoms with Crippen LogP contribution in [0.4, 0.5) is 11.4 Å². The van der Waals surface area contributed by atoms with Crippen LogP contribution in [0.1, 0.15) is 0 Å². The van der Waals surface area contributed by atoms with Crippen LogP contribution in [0.5, 0.6) is 0 Å². The molecule has 0 atom stereocenters. The number of ether oxygens (including phenoxy) is 1. The van der Waals surface area contributed by atoms with Crippen LogP contribution in [0.25, 0.3) is 44.1 Å². The third-order valence-corrected chi connectivity index (χ3v) is 10.8. The third kappa shape index (κ3) is 4.40. The number of benzene rings is 4. The molecule has 0 unspecified atom stereocenters. The highest BCUT2D eigenvalue weighted by Gasteiger charge is 2.35. The van der Waals surface area contributed by atoms with Crippen LogP contribution in [0.15, 0.2) is 95.0 Å². The Morgan fingerprint density at radius 1 is 0.659 bits per heavy atom. The molecule has 1 fully saturated rings. The van der Waals surface area contributed by atoms with Gasteiger partial charge in [-0.2, -0.15) is 10.2 Å². The molecule has 4 heterocycles. The molecule has 2 aliphatic heterocycles. The van der Waals surface area contributed by atoms with Crippen molar-refractivity contribution in [3.05, 3.63) is 85.2 Å². The first-order valence-corrected chi connectivity index (χ1v) is 16.3. The Kier molecular flexibility index (Phi) is 6.33. The van der Waals surface area contributed by atoms with E-state index in [1.165, 1.54) is 0 Å². The Morgan fingerprint density at radius 2 is 1.14 bits per heavy atom. The number of sulfone groups is 1.